The minimum absolute atomic E-state index is 0. The number of rotatable bonds is 13. The van der Waals surface area contributed by atoms with Gasteiger partial charge in [0.1, 0.15) is 0 Å². The van der Waals surface area contributed by atoms with Gasteiger partial charge in [-0.3, -0.25) is 0 Å². The van der Waals surface area contributed by atoms with E-state index in [1.807, 2.05) is 13.8 Å². The molecule has 0 aliphatic heterocycles. The van der Waals surface area contributed by atoms with Gasteiger partial charge in [0.25, 0.3) is 0 Å². The van der Waals surface area contributed by atoms with E-state index in [1.165, 1.54) is 0 Å². The molecule has 0 rings (SSSR count). The predicted octanol–water partition coefficient (Wildman–Crippen LogP) is 0.596. The first kappa shape index (κ1) is 24.1. The zero-order chi connectivity index (χ0) is 15.4. The molecule has 0 amide bonds. The van der Waals surface area contributed by atoms with E-state index in [-0.39, 0.29) is 35.7 Å². The van der Waals surface area contributed by atoms with Gasteiger partial charge in [0.2, 0.25) is 0 Å². The van der Waals surface area contributed by atoms with Gasteiger partial charge in [0.05, 0.1) is 16.2 Å². The topological polar surface area (TPSA) is 77.4 Å². The zero-order valence-corrected chi connectivity index (χ0v) is 16.8. The molecule has 1 N–H and O–H groups in total. The van der Waals surface area contributed by atoms with E-state index in [4.69, 9.17) is 0 Å². The van der Waals surface area contributed by atoms with Crippen molar-refractivity contribution < 1.29 is 47.6 Å². The average Bonchev–Trinajstić information content (AvgIpc) is 2.39. The summed E-state index contributed by atoms with van der Waals surface area (Å²) in [5.41, 5.74) is 0. The molecule has 0 saturated carbocycles. The molecule has 0 aromatic carbocycles. The van der Waals surface area contributed by atoms with Crippen molar-refractivity contribution in [3.63, 3.8) is 0 Å². The minimum Gasteiger partial charge on any atom is -0.748 e. The molecule has 0 bridgehead atoms. The van der Waals surface area contributed by atoms with E-state index < -0.39 is 15.4 Å². The van der Waals surface area contributed by atoms with Gasteiger partial charge in [-0.1, -0.05) is 58.8 Å². The second-order valence-electron chi connectivity index (χ2n) is 5.66. The molecule has 0 aromatic heterocycles. The predicted molar refractivity (Wildman–Crippen MR) is 81.6 cm³/mol. The van der Waals surface area contributed by atoms with E-state index >= 15 is 0 Å². The van der Waals surface area contributed by atoms with Crippen molar-refractivity contribution in [1.82, 2.24) is 0 Å². The number of hydrogen-bond acceptors (Lipinski definition) is 4. The van der Waals surface area contributed by atoms with Crippen molar-refractivity contribution in [2.45, 2.75) is 95.8 Å². The third-order valence-corrected chi connectivity index (χ3v) is 5.11. The fraction of sp³-hybridized carbons (Fsp3) is 1.00. The van der Waals surface area contributed by atoms with Gasteiger partial charge in [-0.05, 0) is 25.7 Å². The third kappa shape index (κ3) is 14.2. The van der Waals surface area contributed by atoms with E-state index in [0.717, 1.165) is 57.8 Å². The second-order valence-corrected chi connectivity index (χ2v) is 7.32. The Balaban J connectivity index is 0. The molecular formula is C15H31NaO4S. The summed E-state index contributed by atoms with van der Waals surface area (Å²) in [6.45, 7) is 3.98. The minimum atomic E-state index is -4.13. The first-order valence-electron chi connectivity index (χ1n) is 8.04. The standard InChI is InChI=1S/C15H32O4S.Na/c1-3-5-12-15(20(17,18)19)13-10-8-6-7-9-11-14(16)4-2;/h14-16H,3-13H2,1-2H3,(H,17,18,19);/q;+1/p-1. The van der Waals surface area contributed by atoms with Crippen LogP contribution in [-0.4, -0.2) is 29.4 Å². The Hall–Kier alpha value is 0.870. The van der Waals surface area contributed by atoms with Crippen LogP contribution in [0.4, 0.5) is 0 Å². The van der Waals surface area contributed by atoms with Crippen LogP contribution in [0.15, 0.2) is 0 Å². The van der Waals surface area contributed by atoms with Gasteiger partial charge in [0.15, 0.2) is 0 Å². The van der Waals surface area contributed by atoms with Crippen molar-refractivity contribution in [1.29, 1.82) is 0 Å². The Labute approximate surface area is 153 Å². The van der Waals surface area contributed by atoms with Crippen LogP contribution >= 0.6 is 0 Å². The third-order valence-electron chi connectivity index (χ3n) is 3.82. The van der Waals surface area contributed by atoms with Gasteiger partial charge in [-0.15, -0.1) is 0 Å². The zero-order valence-electron chi connectivity index (χ0n) is 14.0. The molecule has 0 fully saturated rings. The number of hydrogen-bond donors (Lipinski definition) is 1. The molecule has 0 aliphatic carbocycles. The van der Waals surface area contributed by atoms with Crippen molar-refractivity contribution in [2.75, 3.05) is 0 Å². The monoisotopic (exact) mass is 330 g/mol. The fourth-order valence-corrected chi connectivity index (χ4v) is 3.26. The maximum Gasteiger partial charge on any atom is 1.00 e. The largest absolute Gasteiger partial charge is 1.00 e. The summed E-state index contributed by atoms with van der Waals surface area (Å²) in [5, 5.41) is 8.71. The number of unbranched alkanes of at least 4 members (excludes halogenated alkanes) is 5. The molecule has 2 atom stereocenters. The summed E-state index contributed by atoms with van der Waals surface area (Å²) < 4.78 is 33.4. The van der Waals surface area contributed by atoms with Crippen LogP contribution in [0.3, 0.4) is 0 Å². The summed E-state index contributed by atoms with van der Waals surface area (Å²) in [4.78, 5) is 0. The van der Waals surface area contributed by atoms with Gasteiger partial charge in [0, 0.05) is 5.25 Å². The average molecular weight is 330 g/mol. The van der Waals surface area contributed by atoms with Crippen molar-refractivity contribution in [3.05, 3.63) is 0 Å². The summed E-state index contributed by atoms with van der Waals surface area (Å²) in [6, 6.07) is 0. The van der Waals surface area contributed by atoms with Crippen LogP contribution in [0.5, 0.6) is 0 Å². The first-order chi connectivity index (χ1) is 9.41. The molecule has 0 heterocycles. The Morgan fingerprint density at radius 3 is 1.86 bits per heavy atom. The Morgan fingerprint density at radius 1 is 0.905 bits per heavy atom. The summed E-state index contributed by atoms with van der Waals surface area (Å²) in [5.74, 6) is 0. The summed E-state index contributed by atoms with van der Waals surface area (Å²) >= 11 is 0. The second kappa shape index (κ2) is 14.5. The fourth-order valence-electron chi connectivity index (χ4n) is 2.35. The van der Waals surface area contributed by atoms with E-state index in [2.05, 4.69) is 0 Å². The van der Waals surface area contributed by atoms with E-state index in [9.17, 15) is 18.1 Å². The van der Waals surface area contributed by atoms with Crippen molar-refractivity contribution in [3.8, 4) is 0 Å². The van der Waals surface area contributed by atoms with Crippen LogP contribution in [0.25, 0.3) is 0 Å². The molecular weight excluding hydrogens is 299 g/mol. The normalized spacial score (nSPS) is 14.5. The summed E-state index contributed by atoms with van der Waals surface area (Å²) in [6.07, 6.45) is 9.14. The molecule has 2 unspecified atom stereocenters. The molecule has 0 aliphatic rings. The van der Waals surface area contributed by atoms with Crippen LogP contribution < -0.4 is 29.6 Å². The quantitative estimate of drug-likeness (QED) is 0.305. The van der Waals surface area contributed by atoms with Crippen LogP contribution in [0, 0.1) is 0 Å². The van der Waals surface area contributed by atoms with Crippen molar-refractivity contribution >= 4 is 10.1 Å². The maximum atomic E-state index is 11.1. The Morgan fingerprint density at radius 2 is 1.38 bits per heavy atom. The smallest absolute Gasteiger partial charge is 0.748 e. The number of aliphatic hydroxyl groups excluding tert-OH is 1. The van der Waals surface area contributed by atoms with Gasteiger partial charge in [-0.2, -0.15) is 0 Å². The maximum absolute atomic E-state index is 11.1. The molecule has 0 aromatic rings. The number of aliphatic hydroxyl groups is 1. The van der Waals surface area contributed by atoms with E-state index in [1.54, 1.807) is 0 Å². The van der Waals surface area contributed by atoms with Gasteiger partial charge in [-0.25, -0.2) is 8.42 Å². The molecule has 122 valence electrons. The molecule has 4 nitrogen and oxygen atoms in total. The SMILES string of the molecule is CCCCC(CCCCCCCC(O)CC)S(=O)(=O)[O-].[Na+]. The molecule has 0 saturated heterocycles. The summed E-state index contributed by atoms with van der Waals surface area (Å²) in [7, 11) is -4.13. The molecule has 0 spiro atoms. The molecule has 6 heteroatoms. The first-order valence-corrected chi connectivity index (χ1v) is 9.51. The van der Waals surface area contributed by atoms with Gasteiger partial charge >= 0.3 is 29.6 Å². The molecule has 0 radical (unpaired) electrons. The van der Waals surface area contributed by atoms with Crippen LogP contribution in [0.2, 0.25) is 0 Å². The van der Waals surface area contributed by atoms with Crippen LogP contribution in [-0.2, 0) is 10.1 Å². The van der Waals surface area contributed by atoms with Gasteiger partial charge < -0.3 is 9.66 Å². The molecule has 21 heavy (non-hydrogen) atoms. The van der Waals surface area contributed by atoms with Crippen LogP contribution in [0.1, 0.15) is 84.5 Å². The Kier molecular flexibility index (Phi) is 16.6. The Bertz CT molecular complexity index is 320. The van der Waals surface area contributed by atoms with Crippen molar-refractivity contribution in [2.24, 2.45) is 0 Å². The van der Waals surface area contributed by atoms with E-state index in [0.29, 0.717) is 12.8 Å².